The van der Waals surface area contributed by atoms with Gasteiger partial charge in [-0.3, -0.25) is 4.79 Å². The fraction of sp³-hybridized carbons (Fsp3) is 0.296. The van der Waals surface area contributed by atoms with Gasteiger partial charge in [0.2, 0.25) is 0 Å². The molecule has 0 aliphatic carbocycles. The maximum atomic E-state index is 13.3. The normalized spacial score (nSPS) is 13.9. The second-order valence-corrected chi connectivity index (χ2v) is 9.78. The molecule has 0 unspecified atom stereocenters. The average molecular weight is 473 g/mol. The predicted molar refractivity (Wildman–Crippen MR) is 139 cm³/mol. The fourth-order valence-electron chi connectivity index (χ4n) is 4.60. The lowest BCUT2D eigenvalue weighted by Crippen LogP contribution is -2.29. The lowest BCUT2D eigenvalue weighted by molar-refractivity contribution is 0.0992. The van der Waals surface area contributed by atoms with E-state index in [9.17, 15) is 4.79 Å². The van der Waals surface area contributed by atoms with E-state index in [2.05, 4.69) is 27.0 Å². The van der Waals surface area contributed by atoms with E-state index in [0.717, 1.165) is 57.1 Å². The highest BCUT2D eigenvalue weighted by molar-refractivity contribution is 7.21. The average Bonchev–Trinajstić information content (AvgIpc) is 3.24. The molecule has 1 aliphatic rings. The number of methoxy groups -OCH3 is 1. The van der Waals surface area contributed by atoms with Crippen molar-refractivity contribution >= 4 is 38.3 Å². The van der Waals surface area contributed by atoms with Crippen LogP contribution in [0.4, 0.5) is 10.8 Å². The van der Waals surface area contributed by atoms with Crippen LogP contribution >= 0.6 is 11.3 Å². The first-order valence-corrected chi connectivity index (χ1v) is 12.4. The van der Waals surface area contributed by atoms with Crippen molar-refractivity contribution in [1.82, 2.24) is 9.97 Å². The minimum Gasteiger partial charge on any atom is -0.496 e. The molecule has 3 heterocycles. The van der Waals surface area contributed by atoms with E-state index in [-0.39, 0.29) is 12.2 Å². The van der Waals surface area contributed by atoms with Gasteiger partial charge in [0.05, 0.1) is 7.11 Å². The second kappa shape index (κ2) is 9.43. The third kappa shape index (κ3) is 4.48. The van der Waals surface area contributed by atoms with Gasteiger partial charge in [0.1, 0.15) is 16.1 Å². The Kier molecular flexibility index (Phi) is 6.20. The lowest BCUT2D eigenvalue weighted by atomic mass is 9.95. The zero-order chi connectivity index (χ0) is 23.7. The first-order valence-electron chi connectivity index (χ1n) is 11.6. The number of anilines is 2. The van der Waals surface area contributed by atoms with E-state index in [0.29, 0.717) is 10.7 Å². The van der Waals surface area contributed by atoms with Crippen LogP contribution in [0, 0.1) is 6.92 Å². The number of nitrogen functional groups attached to an aromatic ring is 1. The Hall–Kier alpha value is -3.45. The number of hydrogen-bond donors (Lipinski definition) is 1. The number of pyridine rings is 1. The topological polar surface area (TPSA) is 81.3 Å². The first kappa shape index (κ1) is 22.3. The highest BCUT2D eigenvalue weighted by Crippen LogP contribution is 2.31. The van der Waals surface area contributed by atoms with Crippen LogP contribution < -0.4 is 15.4 Å². The van der Waals surface area contributed by atoms with Crippen molar-refractivity contribution in [2.45, 2.75) is 32.6 Å². The van der Waals surface area contributed by atoms with Crippen molar-refractivity contribution in [1.29, 1.82) is 0 Å². The molecule has 2 aromatic carbocycles. The van der Waals surface area contributed by atoms with Crippen molar-refractivity contribution in [3.63, 3.8) is 0 Å². The van der Waals surface area contributed by atoms with Crippen molar-refractivity contribution in [3.05, 3.63) is 65.4 Å². The smallest absolute Gasteiger partial charge is 0.182 e. The molecular formula is C27H28N4O2S. The Morgan fingerprint density at radius 2 is 1.94 bits per heavy atom. The van der Waals surface area contributed by atoms with E-state index in [4.69, 9.17) is 10.5 Å². The molecule has 0 saturated carbocycles. The van der Waals surface area contributed by atoms with Gasteiger partial charge in [0.25, 0.3) is 0 Å². The van der Waals surface area contributed by atoms with Gasteiger partial charge in [0.15, 0.2) is 10.9 Å². The fourth-order valence-corrected chi connectivity index (χ4v) is 5.25. The zero-order valence-corrected chi connectivity index (χ0v) is 20.3. The van der Waals surface area contributed by atoms with Gasteiger partial charge >= 0.3 is 0 Å². The van der Waals surface area contributed by atoms with Gasteiger partial charge in [-0.1, -0.05) is 29.5 Å². The minimum absolute atomic E-state index is 0.0530. The molecule has 4 aromatic rings. The first-order chi connectivity index (χ1) is 16.5. The van der Waals surface area contributed by atoms with E-state index < -0.39 is 0 Å². The Bertz CT molecular complexity index is 1360. The zero-order valence-electron chi connectivity index (χ0n) is 19.5. The number of ketones is 1. The molecular weight excluding hydrogens is 444 g/mol. The van der Waals surface area contributed by atoms with E-state index in [1.807, 2.05) is 43.5 Å². The maximum absolute atomic E-state index is 13.3. The molecule has 0 bridgehead atoms. The predicted octanol–water partition coefficient (Wildman–Crippen LogP) is 5.67. The monoisotopic (exact) mass is 472 g/mol. The van der Waals surface area contributed by atoms with Gasteiger partial charge in [-0.25, -0.2) is 9.97 Å². The molecule has 7 heteroatoms. The number of carbonyl (C=O) groups is 1. The lowest BCUT2D eigenvalue weighted by Gasteiger charge is -2.29. The van der Waals surface area contributed by atoms with Crippen LogP contribution in [0.5, 0.6) is 5.75 Å². The Balaban J connectivity index is 1.40. The largest absolute Gasteiger partial charge is 0.496 e. The second-order valence-electron chi connectivity index (χ2n) is 8.77. The molecule has 6 nitrogen and oxygen atoms in total. The number of carbonyl (C=O) groups excluding carboxylic acids is 1. The van der Waals surface area contributed by atoms with Crippen LogP contribution in [0.25, 0.3) is 21.5 Å². The molecule has 2 N–H and O–H groups in total. The molecule has 174 valence electrons. The van der Waals surface area contributed by atoms with Crippen LogP contribution in [-0.2, 0) is 6.42 Å². The van der Waals surface area contributed by atoms with Crippen LogP contribution in [0.3, 0.4) is 0 Å². The molecule has 2 aromatic heterocycles. The molecule has 0 amide bonds. The number of fused-ring (bicyclic) bond motifs is 1. The van der Waals surface area contributed by atoms with Crippen molar-refractivity contribution in [2.24, 2.45) is 0 Å². The van der Waals surface area contributed by atoms with Crippen LogP contribution in [0.15, 0.2) is 48.7 Å². The van der Waals surface area contributed by atoms with Gasteiger partial charge < -0.3 is 15.4 Å². The Labute approximate surface area is 203 Å². The van der Waals surface area contributed by atoms with Gasteiger partial charge in [-0.2, -0.15) is 0 Å². The van der Waals surface area contributed by atoms with Gasteiger partial charge in [0, 0.05) is 54.2 Å². The molecule has 5 rings (SSSR count). The van der Waals surface area contributed by atoms with Crippen LogP contribution in [0.2, 0.25) is 0 Å². The summed E-state index contributed by atoms with van der Waals surface area (Å²) in [6.07, 6.45) is 5.83. The Morgan fingerprint density at radius 1 is 1.12 bits per heavy atom. The Morgan fingerprint density at radius 3 is 2.74 bits per heavy atom. The molecule has 1 fully saturated rings. The number of nitrogens with two attached hydrogens (primary N) is 1. The summed E-state index contributed by atoms with van der Waals surface area (Å²) in [6.45, 7) is 4.18. The maximum Gasteiger partial charge on any atom is 0.182 e. The number of aromatic nitrogens is 2. The summed E-state index contributed by atoms with van der Waals surface area (Å²) in [4.78, 5) is 25.3. The molecule has 0 atom stereocenters. The number of nitrogens with zero attached hydrogens (tertiary/aromatic N) is 3. The van der Waals surface area contributed by atoms with E-state index >= 15 is 0 Å². The number of ether oxygens (including phenoxy) is 1. The SMILES string of the molecule is COc1cc(N2CCCCC2)ccc1CC(=O)c1ccc(C)c(-c2cnc3sc(N)nc3c2)c1. The summed E-state index contributed by atoms with van der Waals surface area (Å²) in [5, 5.41) is 0.501. The number of Topliss-reactive ketones (excluding diaryl/α,β-unsaturated/α-hetero) is 1. The molecule has 0 spiro atoms. The number of aryl methyl sites for hydroxylation is 1. The summed E-state index contributed by atoms with van der Waals surface area (Å²) >= 11 is 1.37. The minimum atomic E-state index is 0.0530. The molecule has 1 saturated heterocycles. The summed E-state index contributed by atoms with van der Waals surface area (Å²) in [5.74, 6) is 0.816. The van der Waals surface area contributed by atoms with Crippen LogP contribution in [0.1, 0.15) is 40.7 Å². The number of hydrogen-bond acceptors (Lipinski definition) is 7. The molecule has 0 radical (unpaired) electrons. The summed E-state index contributed by atoms with van der Waals surface area (Å²) in [6, 6.07) is 14.0. The summed E-state index contributed by atoms with van der Waals surface area (Å²) in [7, 11) is 1.67. The molecule has 34 heavy (non-hydrogen) atoms. The highest BCUT2D eigenvalue weighted by Gasteiger charge is 2.17. The molecule has 1 aliphatic heterocycles. The van der Waals surface area contributed by atoms with E-state index in [1.54, 1.807) is 7.11 Å². The van der Waals surface area contributed by atoms with Crippen molar-refractivity contribution in [3.8, 4) is 16.9 Å². The standard InChI is InChI=1S/C27H28N4O2S/c1-17-6-7-18(12-22(17)20-13-23-26(29-16-20)34-27(28)30-23)24(32)14-19-8-9-21(15-25(19)33-2)31-10-4-3-5-11-31/h6-9,12-13,15-16H,3-5,10-11,14H2,1-2H3,(H2,28,30). The third-order valence-corrected chi connectivity index (χ3v) is 7.29. The van der Waals surface area contributed by atoms with Gasteiger partial charge in [-0.15, -0.1) is 0 Å². The van der Waals surface area contributed by atoms with Crippen LogP contribution in [-0.4, -0.2) is 36.0 Å². The quantitative estimate of drug-likeness (QED) is 0.364. The third-order valence-electron chi connectivity index (χ3n) is 6.48. The number of thiazole rings is 1. The highest BCUT2D eigenvalue weighted by atomic mass is 32.1. The summed E-state index contributed by atoms with van der Waals surface area (Å²) in [5.41, 5.74) is 12.3. The number of benzene rings is 2. The van der Waals surface area contributed by atoms with Crippen molar-refractivity contribution < 1.29 is 9.53 Å². The van der Waals surface area contributed by atoms with Gasteiger partial charge in [-0.05, 0) is 55.5 Å². The van der Waals surface area contributed by atoms with E-state index in [1.165, 1.54) is 30.6 Å². The van der Waals surface area contributed by atoms with Crippen molar-refractivity contribution in [2.75, 3.05) is 30.8 Å². The number of rotatable bonds is 6. The summed E-state index contributed by atoms with van der Waals surface area (Å²) < 4.78 is 5.67. The number of piperidine rings is 1.